The molecule has 2 aliphatic rings. The van der Waals surface area contributed by atoms with Gasteiger partial charge in [0.2, 0.25) is 5.95 Å². The Hall–Kier alpha value is -4.38. The molecule has 0 unspecified atom stereocenters. The van der Waals surface area contributed by atoms with Crippen LogP contribution < -0.4 is 26.1 Å². The van der Waals surface area contributed by atoms with Gasteiger partial charge in [-0.2, -0.15) is 4.98 Å². The van der Waals surface area contributed by atoms with Crippen LogP contribution in [0.4, 0.5) is 11.6 Å². The molecule has 2 fully saturated rings. The molecule has 4 aromatic rings. The number of nitrogens with zero attached hydrogens (tertiary/aromatic N) is 5. The SMILES string of the molecule is COc1c(O/C(=C/N)c2ccccn2)cnc2nc(Nc3cc(C4CC4)cn(C4CC(O)C4)c3=O)n(C)c12. The van der Waals surface area contributed by atoms with Crippen molar-refractivity contribution in [3.05, 3.63) is 70.7 Å². The number of hydrogen-bond donors (Lipinski definition) is 3. The fourth-order valence-corrected chi connectivity index (χ4v) is 4.83. The zero-order valence-corrected chi connectivity index (χ0v) is 21.2. The van der Waals surface area contributed by atoms with Gasteiger partial charge in [-0.25, -0.2) is 4.98 Å². The molecule has 11 nitrogen and oxygen atoms in total. The number of aromatic nitrogens is 5. The smallest absolute Gasteiger partial charge is 0.274 e. The standard InChI is InChI=1S/C27H29N7O4/c1-33-23-24(37-2)22(38-21(12-28)19-5-3-4-8-29-19)13-30-25(23)32-27(33)31-20-9-16(15-6-7-15)14-34(26(20)36)17-10-18(35)11-17/h3-5,8-9,12-15,17-18,35H,6-7,10-11,28H2,1-2H3,(H,30,31,32)/b21-12+. The van der Waals surface area contributed by atoms with Gasteiger partial charge in [0, 0.05) is 31.7 Å². The summed E-state index contributed by atoms with van der Waals surface area (Å²) < 4.78 is 15.3. The van der Waals surface area contributed by atoms with Crippen LogP contribution in [0, 0.1) is 0 Å². The van der Waals surface area contributed by atoms with Crippen LogP contribution >= 0.6 is 0 Å². The number of pyridine rings is 3. The predicted molar refractivity (Wildman–Crippen MR) is 142 cm³/mol. The van der Waals surface area contributed by atoms with Crippen LogP contribution in [0.3, 0.4) is 0 Å². The number of nitrogens with two attached hydrogens (primary N) is 1. The van der Waals surface area contributed by atoms with Crippen LogP contribution in [-0.4, -0.2) is 42.4 Å². The Morgan fingerprint density at radius 3 is 2.74 bits per heavy atom. The minimum atomic E-state index is -0.352. The summed E-state index contributed by atoms with van der Waals surface area (Å²) in [5, 5.41) is 13.0. The van der Waals surface area contributed by atoms with Crippen LogP contribution in [0.15, 0.2) is 53.9 Å². The molecule has 11 heteroatoms. The van der Waals surface area contributed by atoms with E-state index in [1.165, 1.54) is 12.4 Å². The van der Waals surface area contributed by atoms with E-state index in [1.807, 2.05) is 25.4 Å². The number of rotatable bonds is 8. The highest BCUT2D eigenvalue weighted by molar-refractivity contribution is 5.85. The fourth-order valence-electron chi connectivity index (χ4n) is 4.83. The summed E-state index contributed by atoms with van der Waals surface area (Å²) in [4.78, 5) is 26.8. The summed E-state index contributed by atoms with van der Waals surface area (Å²) in [5.74, 6) is 2.01. The van der Waals surface area contributed by atoms with Crippen molar-refractivity contribution < 1.29 is 14.6 Å². The van der Waals surface area contributed by atoms with Crippen molar-refractivity contribution in [2.24, 2.45) is 12.8 Å². The van der Waals surface area contributed by atoms with Gasteiger partial charge in [-0.1, -0.05) is 6.07 Å². The average molecular weight is 516 g/mol. The summed E-state index contributed by atoms with van der Waals surface area (Å²) in [6.07, 6.45) is 9.50. The van der Waals surface area contributed by atoms with Crippen LogP contribution in [0.1, 0.15) is 48.9 Å². The van der Waals surface area contributed by atoms with E-state index in [9.17, 15) is 9.90 Å². The largest absolute Gasteiger partial charge is 0.491 e. The van der Waals surface area contributed by atoms with Gasteiger partial charge in [-0.05, 0) is 55.4 Å². The fraction of sp³-hybridized carbons (Fsp3) is 0.333. The van der Waals surface area contributed by atoms with E-state index in [1.54, 1.807) is 34.6 Å². The molecule has 0 saturated heterocycles. The van der Waals surface area contributed by atoms with E-state index >= 15 is 0 Å². The van der Waals surface area contributed by atoms with Crippen LogP contribution in [0.2, 0.25) is 0 Å². The third kappa shape index (κ3) is 4.24. The Morgan fingerprint density at radius 2 is 2.08 bits per heavy atom. The predicted octanol–water partition coefficient (Wildman–Crippen LogP) is 3.19. The van der Waals surface area contributed by atoms with Gasteiger partial charge in [0.05, 0.1) is 19.4 Å². The lowest BCUT2D eigenvalue weighted by Crippen LogP contribution is -2.37. The van der Waals surface area contributed by atoms with E-state index in [0.717, 1.165) is 18.4 Å². The van der Waals surface area contributed by atoms with E-state index < -0.39 is 0 Å². The minimum Gasteiger partial charge on any atom is -0.491 e. The third-order valence-electron chi connectivity index (χ3n) is 7.15. The Balaban J connectivity index is 1.37. The summed E-state index contributed by atoms with van der Waals surface area (Å²) in [7, 11) is 3.36. The molecule has 2 saturated carbocycles. The molecule has 38 heavy (non-hydrogen) atoms. The molecule has 4 heterocycles. The first-order valence-corrected chi connectivity index (χ1v) is 12.6. The molecule has 0 amide bonds. The second kappa shape index (κ2) is 9.49. The van der Waals surface area contributed by atoms with E-state index in [4.69, 9.17) is 15.2 Å². The van der Waals surface area contributed by atoms with Gasteiger partial charge in [0.15, 0.2) is 22.9 Å². The van der Waals surface area contributed by atoms with Crippen LogP contribution in [0.25, 0.3) is 16.9 Å². The van der Waals surface area contributed by atoms with Crippen molar-refractivity contribution in [3.63, 3.8) is 0 Å². The maximum atomic E-state index is 13.4. The third-order valence-corrected chi connectivity index (χ3v) is 7.15. The molecule has 0 spiro atoms. The Labute approximate surface area is 218 Å². The molecular weight excluding hydrogens is 486 g/mol. The van der Waals surface area contributed by atoms with E-state index in [0.29, 0.717) is 64.5 Å². The number of aryl methyl sites for hydroxylation is 1. The summed E-state index contributed by atoms with van der Waals surface area (Å²) >= 11 is 0. The number of imidazole rings is 1. The molecule has 196 valence electrons. The first kappa shape index (κ1) is 24.0. The topological polar surface area (TPSA) is 142 Å². The van der Waals surface area contributed by atoms with Crippen molar-refractivity contribution in [1.82, 2.24) is 24.1 Å². The number of ether oxygens (including phenoxy) is 2. The van der Waals surface area contributed by atoms with E-state index in [-0.39, 0.29) is 17.7 Å². The Bertz CT molecular complexity index is 1580. The second-order valence-electron chi connectivity index (χ2n) is 9.75. The molecule has 4 aromatic heterocycles. The Kier molecular flexibility index (Phi) is 5.99. The highest BCUT2D eigenvalue weighted by atomic mass is 16.5. The Morgan fingerprint density at radius 1 is 1.26 bits per heavy atom. The van der Waals surface area contributed by atoms with Crippen LogP contribution in [0.5, 0.6) is 11.5 Å². The van der Waals surface area contributed by atoms with Gasteiger partial charge >= 0.3 is 0 Å². The maximum Gasteiger partial charge on any atom is 0.274 e. The molecule has 0 aromatic carbocycles. The quantitative estimate of drug-likeness (QED) is 0.302. The normalized spacial score (nSPS) is 19.3. The van der Waals surface area contributed by atoms with E-state index in [2.05, 4.69) is 20.3 Å². The first-order chi connectivity index (χ1) is 18.5. The number of fused-ring (bicyclic) bond motifs is 1. The van der Waals surface area contributed by atoms with Crippen molar-refractivity contribution in [3.8, 4) is 11.5 Å². The highest BCUT2D eigenvalue weighted by Crippen LogP contribution is 2.42. The van der Waals surface area contributed by atoms with Gasteiger partial charge in [0.1, 0.15) is 16.9 Å². The number of methoxy groups -OCH3 is 1. The minimum absolute atomic E-state index is 0.00237. The summed E-state index contributed by atoms with van der Waals surface area (Å²) in [6, 6.07) is 7.35. The van der Waals surface area contributed by atoms with Crippen molar-refractivity contribution in [2.75, 3.05) is 12.4 Å². The highest BCUT2D eigenvalue weighted by Gasteiger charge is 2.32. The molecule has 0 atom stereocenters. The van der Waals surface area contributed by atoms with Crippen molar-refractivity contribution in [2.45, 2.75) is 43.7 Å². The number of nitrogens with one attached hydrogen (secondary N) is 1. The van der Waals surface area contributed by atoms with Crippen molar-refractivity contribution in [1.29, 1.82) is 0 Å². The molecule has 2 aliphatic carbocycles. The summed E-state index contributed by atoms with van der Waals surface area (Å²) in [5.41, 5.74) is 8.82. The van der Waals surface area contributed by atoms with Gasteiger partial charge in [-0.15, -0.1) is 0 Å². The number of aliphatic hydroxyl groups excluding tert-OH is 1. The molecular formula is C27H29N7O4. The zero-order chi connectivity index (χ0) is 26.4. The van der Waals surface area contributed by atoms with Crippen LogP contribution in [-0.2, 0) is 7.05 Å². The van der Waals surface area contributed by atoms with Crippen molar-refractivity contribution >= 4 is 28.6 Å². The molecule has 0 bridgehead atoms. The second-order valence-corrected chi connectivity index (χ2v) is 9.75. The zero-order valence-electron chi connectivity index (χ0n) is 21.2. The molecule has 4 N–H and O–H groups in total. The monoisotopic (exact) mass is 515 g/mol. The maximum absolute atomic E-state index is 13.4. The molecule has 0 radical (unpaired) electrons. The van der Waals surface area contributed by atoms with Gasteiger partial charge in [-0.3, -0.25) is 9.78 Å². The number of anilines is 2. The lowest BCUT2D eigenvalue weighted by Gasteiger charge is -2.33. The van der Waals surface area contributed by atoms with Gasteiger partial charge in [0.25, 0.3) is 5.56 Å². The lowest BCUT2D eigenvalue weighted by atomic mass is 9.89. The number of aliphatic hydroxyl groups is 1. The summed E-state index contributed by atoms with van der Waals surface area (Å²) in [6.45, 7) is 0. The number of hydrogen-bond acceptors (Lipinski definition) is 9. The average Bonchev–Trinajstić information content (AvgIpc) is 3.72. The lowest BCUT2D eigenvalue weighted by molar-refractivity contribution is 0.0471. The molecule has 0 aliphatic heterocycles. The van der Waals surface area contributed by atoms with Gasteiger partial charge < -0.3 is 34.8 Å². The first-order valence-electron chi connectivity index (χ1n) is 12.6. The molecule has 6 rings (SSSR count).